The molecule has 2 heterocycles. The number of fused-ring (bicyclic) bond motifs is 2. The van der Waals surface area contributed by atoms with Gasteiger partial charge in [-0.15, -0.1) is 0 Å². The molecule has 0 N–H and O–H groups in total. The lowest BCUT2D eigenvalue weighted by atomic mass is 10.0. The second-order valence-corrected chi connectivity index (χ2v) is 5.98. The molecule has 2 aliphatic rings. The van der Waals surface area contributed by atoms with Crippen molar-refractivity contribution in [1.29, 1.82) is 0 Å². The summed E-state index contributed by atoms with van der Waals surface area (Å²) >= 11 is 0. The van der Waals surface area contributed by atoms with E-state index >= 15 is 0 Å². The van der Waals surface area contributed by atoms with Crippen LogP contribution in [-0.2, 0) is 9.53 Å². The van der Waals surface area contributed by atoms with E-state index in [-0.39, 0.29) is 12.5 Å². The van der Waals surface area contributed by atoms with Gasteiger partial charge in [-0.25, -0.2) is 9.79 Å². The van der Waals surface area contributed by atoms with E-state index in [0.29, 0.717) is 17.4 Å². The third-order valence-electron chi connectivity index (χ3n) is 4.34. The van der Waals surface area contributed by atoms with Gasteiger partial charge in [0.15, 0.2) is 17.2 Å². The average Bonchev–Trinajstić information content (AvgIpc) is 3.28. The molecule has 26 heavy (non-hydrogen) atoms. The smallest absolute Gasteiger partial charge is 0.363 e. The van der Waals surface area contributed by atoms with Crippen LogP contribution in [0.15, 0.2) is 71.4 Å². The van der Waals surface area contributed by atoms with Gasteiger partial charge in [0, 0.05) is 5.56 Å². The average molecular weight is 343 g/mol. The lowest BCUT2D eigenvalue weighted by Gasteiger charge is -2.04. The third kappa shape index (κ3) is 2.41. The van der Waals surface area contributed by atoms with Crippen LogP contribution in [0.4, 0.5) is 0 Å². The van der Waals surface area contributed by atoms with E-state index in [0.717, 1.165) is 21.9 Å². The summed E-state index contributed by atoms with van der Waals surface area (Å²) in [5, 5.41) is 2.06. The summed E-state index contributed by atoms with van der Waals surface area (Å²) < 4.78 is 16.1. The molecule has 0 aliphatic carbocycles. The normalized spacial score (nSPS) is 16.8. The number of rotatable bonds is 2. The first-order chi connectivity index (χ1) is 12.8. The van der Waals surface area contributed by atoms with Crippen molar-refractivity contribution in [2.24, 2.45) is 4.99 Å². The second-order valence-electron chi connectivity index (χ2n) is 5.98. The van der Waals surface area contributed by atoms with Crippen LogP contribution in [0.2, 0.25) is 0 Å². The first kappa shape index (κ1) is 14.7. The van der Waals surface area contributed by atoms with Crippen molar-refractivity contribution >= 4 is 28.7 Å². The van der Waals surface area contributed by atoms with Gasteiger partial charge < -0.3 is 14.2 Å². The summed E-state index contributed by atoms with van der Waals surface area (Å²) in [6.45, 7) is 0.209. The lowest BCUT2D eigenvalue weighted by molar-refractivity contribution is -0.129. The Kier molecular flexibility index (Phi) is 3.25. The van der Waals surface area contributed by atoms with Crippen LogP contribution in [-0.4, -0.2) is 18.7 Å². The summed E-state index contributed by atoms with van der Waals surface area (Å²) in [7, 11) is 0. The number of hydrogen-bond acceptors (Lipinski definition) is 5. The molecule has 2 aliphatic heterocycles. The maximum absolute atomic E-state index is 12.3. The number of ether oxygens (including phenoxy) is 3. The molecule has 3 aromatic rings. The maximum atomic E-state index is 12.3. The third-order valence-corrected chi connectivity index (χ3v) is 4.34. The van der Waals surface area contributed by atoms with Gasteiger partial charge in [0.05, 0.1) is 0 Å². The highest BCUT2D eigenvalue weighted by Gasteiger charge is 2.25. The van der Waals surface area contributed by atoms with Crippen molar-refractivity contribution in [2.75, 3.05) is 6.79 Å². The molecule has 0 spiro atoms. The molecule has 0 unspecified atom stereocenters. The second kappa shape index (κ2) is 5.74. The standard InChI is InChI=1S/C21H13NO4/c23-21-17(10-13-8-9-18-19(11-13)25-12-24-18)22-20(26-21)16-7-3-5-14-4-1-2-6-15(14)16/h1-11H,12H2/b17-10+. The topological polar surface area (TPSA) is 57.1 Å². The van der Waals surface area contributed by atoms with Crippen LogP contribution in [0, 0.1) is 0 Å². The van der Waals surface area contributed by atoms with Crippen molar-refractivity contribution in [3.8, 4) is 11.5 Å². The first-order valence-corrected chi connectivity index (χ1v) is 8.18. The van der Waals surface area contributed by atoms with Gasteiger partial charge >= 0.3 is 5.97 Å². The molecule has 126 valence electrons. The van der Waals surface area contributed by atoms with Gasteiger partial charge in [-0.3, -0.25) is 0 Å². The summed E-state index contributed by atoms with van der Waals surface area (Å²) in [5.41, 5.74) is 1.85. The van der Waals surface area contributed by atoms with Gasteiger partial charge in [-0.2, -0.15) is 0 Å². The Bertz CT molecular complexity index is 1110. The highest BCUT2D eigenvalue weighted by atomic mass is 16.7. The Labute approximate surface area is 149 Å². The Morgan fingerprint density at radius 2 is 1.77 bits per heavy atom. The predicted octanol–water partition coefficient (Wildman–Crippen LogP) is 3.91. The molecule has 0 saturated carbocycles. The van der Waals surface area contributed by atoms with Crippen molar-refractivity contribution in [3.05, 3.63) is 77.5 Å². The maximum Gasteiger partial charge on any atom is 0.363 e. The van der Waals surface area contributed by atoms with E-state index in [4.69, 9.17) is 14.2 Å². The summed E-state index contributed by atoms with van der Waals surface area (Å²) in [6, 6.07) is 19.2. The van der Waals surface area contributed by atoms with Crippen molar-refractivity contribution in [2.45, 2.75) is 0 Å². The van der Waals surface area contributed by atoms with Crippen LogP contribution in [0.3, 0.4) is 0 Å². The van der Waals surface area contributed by atoms with Crippen LogP contribution < -0.4 is 9.47 Å². The van der Waals surface area contributed by atoms with Crippen LogP contribution in [0.5, 0.6) is 11.5 Å². The Morgan fingerprint density at radius 3 is 2.73 bits per heavy atom. The largest absolute Gasteiger partial charge is 0.454 e. The summed E-state index contributed by atoms with van der Waals surface area (Å²) in [6.07, 6.45) is 1.68. The van der Waals surface area contributed by atoms with Gasteiger partial charge in [0.1, 0.15) is 0 Å². The molecular formula is C21H13NO4. The van der Waals surface area contributed by atoms with Gasteiger partial charge in [-0.05, 0) is 40.6 Å². The van der Waals surface area contributed by atoms with Crippen LogP contribution in [0.1, 0.15) is 11.1 Å². The van der Waals surface area contributed by atoms with E-state index in [1.807, 2.05) is 60.7 Å². The minimum Gasteiger partial charge on any atom is -0.454 e. The number of esters is 1. The zero-order valence-electron chi connectivity index (χ0n) is 13.6. The fourth-order valence-corrected chi connectivity index (χ4v) is 3.10. The number of nitrogens with zero attached hydrogens (tertiary/aromatic N) is 1. The van der Waals surface area contributed by atoms with E-state index in [9.17, 15) is 4.79 Å². The molecular weight excluding hydrogens is 330 g/mol. The fourth-order valence-electron chi connectivity index (χ4n) is 3.10. The predicted molar refractivity (Wildman–Crippen MR) is 97.1 cm³/mol. The number of cyclic esters (lactones) is 1. The number of hydrogen-bond donors (Lipinski definition) is 0. The molecule has 0 amide bonds. The Balaban J connectivity index is 1.55. The first-order valence-electron chi connectivity index (χ1n) is 8.18. The van der Waals surface area contributed by atoms with Crippen molar-refractivity contribution in [3.63, 3.8) is 0 Å². The van der Waals surface area contributed by atoms with E-state index < -0.39 is 5.97 Å². The number of benzene rings is 3. The van der Waals surface area contributed by atoms with Crippen LogP contribution in [0.25, 0.3) is 16.8 Å². The monoisotopic (exact) mass is 343 g/mol. The molecule has 5 nitrogen and oxygen atoms in total. The molecule has 0 bridgehead atoms. The minimum atomic E-state index is -0.467. The number of carbonyl (C=O) groups is 1. The molecule has 0 aromatic heterocycles. The van der Waals surface area contributed by atoms with Crippen LogP contribution >= 0.6 is 0 Å². The lowest BCUT2D eigenvalue weighted by Crippen LogP contribution is -2.05. The molecule has 5 rings (SSSR count). The highest BCUT2D eigenvalue weighted by Crippen LogP contribution is 2.33. The summed E-state index contributed by atoms with van der Waals surface area (Å²) in [5.74, 6) is 1.20. The van der Waals surface area contributed by atoms with E-state index in [1.165, 1.54) is 0 Å². The number of aliphatic imine (C=N–C) groups is 1. The van der Waals surface area contributed by atoms with Gasteiger partial charge in [-0.1, -0.05) is 42.5 Å². The molecule has 0 radical (unpaired) electrons. The summed E-state index contributed by atoms with van der Waals surface area (Å²) in [4.78, 5) is 16.7. The van der Waals surface area contributed by atoms with Crippen molar-refractivity contribution in [1.82, 2.24) is 0 Å². The number of carbonyl (C=O) groups excluding carboxylic acids is 1. The van der Waals surface area contributed by atoms with E-state index in [1.54, 1.807) is 6.08 Å². The highest BCUT2D eigenvalue weighted by molar-refractivity contribution is 6.17. The zero-order chi connectivity index (χ0) is 17.5. The van der Waals surface area contributed by atoms with E-state index in [2.05, 4.69) is 4.99 Å². The fraction of sp³-hybridized carbons (Fsp3) is 0.0476. The zero-order valence-corrected chi connectivity index (χ0v) is 13.6. The molecule has 0 saturated heterocycles. The van der Waals surface area contributed by atoms with Crippen molar-refractivity contribution < 1.29 is 19.0 Å². The molecule has 5 heteroatoms. The Morgan fingerprint density at radius 1 is 0.923 bits per heavy atom. The van der Waals surface area contributed by atoms with Gasteiger partial charge in [0.25, 0.3) is 0 Å². The molecule has 3 aromatic carbocycles. The minimum absolute atomic E-state index is 0.209. The molecule has 0 fully saturated rings. The van der Waals surface area contributed by atoms with Gasteiger partial charge in [0.2, 0.25) is 12.7 Å². The molecule has 0 atom stereocenters. The SMILES string of the molecule is O=C1OC(c2cccc3ccccc23)=N/C1=C/c1ccc2c(c1)OCO2. The quantitative estimate of drug-likeness (QED) is 0.523. The Hall–Kier alpha value is -3.60.